The van der Waals surface area contributed by atoms with Crippen LogP contribution in [0, 0.1) is 0 Å². The van der Waals surface area contributed by atoms with Crippen LogP contribution in [0.3, 0.4) is 0 Å². The minimum atomic E-state index is 0.0133. The maximum absolute atomic E-state index is 11.3. The lowest BCUT2D eigenvalue weighted by molar-refractivity contribution is 0.101. The predicted molar refractivity (Wildman–Crippen MR) is 85.0 cm³/mol. The molecule has 0 aliphatic heterocycles. The molecule has 0 atom stereocenters. The SMILES string of the molecule is CC(=O)c1ccc(-c2ccc(N)c(C(C)(C)C)c2)cc1. The number of hydrogen-bond acceptors (Lipinski definition) is 2. The maximum atomic E-state index is 11.3. The molecule has 0 amide bonds. The van der Waals surface area contributed by atoms with Gasteiger partial charge in [0.2, 0.25) is 0 Å². The molecule has 0 spiro atoms. The summed E-state index contributed by atoms with van der Waals surface area (Å²) in [5.74, 6) is 0.0873. The van der Waals surface area contributed by atoms with Gasteiger partial charge in [0.15, 0.2) is 5.78 Å². The van der Waals surface area contributed by atoms with Crippen LogP contribution in [0.4, 0.5) is 5.69 Å². The number of ketones is 1. The van der Waals surface area contributed by atoms with Crippen molar-refractivity contribution < 1.29 is 4.79 Å². The average Bonchev–Trinajstić information content (AvgIpc) is 2.38. The van der Waals surface area contributed by atoms with Crippen molar-refractivity contribution in [2.45, 2.75) is 33.1 Å². The Morgan fingerprint density at radius 1 is 0.950 bits per heavy atom. The molecular formula is C18H21NO. The third-order valence-electron chi connectivity index (χ3n) is 3.49. The van der Waals surface area contributed by atoms with Gasteiger partial charge >= 0.3 is 0 Å². The number of rotatable bonds is 2. The summed E-state index contributed by atoms with van der Waals surface area (Å²) < 4.78 is 0. The Morgan fingerprint density at radius 2 is 1.50 bits per heavy atom. The van der Waals surface area contributed by atoms with Crippen molar-refractivity contribution in [3.05, 3.63) is 53.6 Å². The summed E-state index contributed by atoms with van der Waals surface area (Å²) in [6.07, 6.45) is 0. The fourth-order valence-corrected chi connectivity index (χ4v) is 2.28. The molecule has 2 rings (SSSR count). The van der Waals surface area contributed by atoms with E-state index < -0.39 is 0 Å². The molecule has 2 aromatic carbocycles. The molecular weight excluding hydrogens is 246 g/mol. The first-order valence-corrected chi connectivity index (χ1v) is 6.80. The van der Waals surface area contributed by atoms with Crippen LogP contribution in [-0.2, 0) is 5.41 Å². The van der Waals surface area contributed by atoms with Crippen LogP contribution in [0.25, 0.3) is 11.1 Å². The highest BCUT2D eigenvalue weighted by molar-refractivity contribution is 5.94. The number of Topliss-reactive ketones (excluding diaryl/α,β-unsaturated/α-hetero) is 1. The van der Waals surface area contributed by atoms with E-state index in [9.17, 15) is 4.79 Å². The normalized spacial score (nSPS) is 11.4. The van der Waals surface area contributed by atoms with Gasteiger partial charge in [-0.2, -0.15) is 0 Å². The van der Waals surface area contributed by atoms with Crippen LogP contribution < -0.4 is 5.73 Å². The molecule has 0 fully saturated rings. The van der Waals surface area contributed by atoms with Crippen molar-refractivity contribution >= 4 is 11.5 Å². The maximum Gasteiger partial charge on any atom is 0.159 e. The van der Waals surface area contributed by atoms with Crippen molar-refractivity contribution in [3.63, 3.8) is 0 Å². The van der Waals surface area contributed by atoms with E-state index in [1.54, 1.807) is 6.92 Å². The van der Waals surface area contributed by atoms with Crippen molar-refractivity contribution in [2.75, 3.05) is 5.73 Å². The molecule has 2 heteroatoms. The highest BCUT2D eigenvalue weighted by Crippen LogP contribution is 2.32. The van der Waals surface area contributed by atoms with Crippen molar-refractivity contribution in [2.24, 2.45) is 0 Å². The lowest BCUT2D eigenvalue weighted by atomic mass is 9.84. The smallest absolute Gasteiger partial charge is 0.159 e. The third-order valence-corrected chi connectivity index (χ3v) is 3.49. The van der Waals surface area contributed by atoms with E-state index >= 15 is 0 Å². The fraction of sp³-hybridized carbons (Fsp3) is 0.278. The highest BCUT2D eigenvalue weighted by atomic mass is 16.1. The molecule has 0 radical (unpaired) electrons. The Labute approximate surface area is 120 Å². The van der Waals surface area contributed by atoms with Gasteiger partial charge in [0.1, 0.15) is 0 Å². The van der Waals surface area contributed by atoms with Gasteiger partial charge in [-0.1, -0.05) is 51.1 Å². The van der Waals surface area contributed by atoms with Gasteiger partial charge in [0.25, 0.3) is 0 Å². The Hall–Kier alpha value is -2.09. The first-order valence-electron chi connectivity index (χ1n) is 6.80. The molecule has 0 aliphatic rings. The minimum Gasteiger partial charge on any atom is -0.398 e. The monoisotopic (exact) mass is 267 g/mol. The van der Waals surface area contributed by atoms with Crippen LogP contribution >= 0.6 is 0 Å². The second-order valence-corrected chi connectivity index (χ2v) is 6.19. The highest BCUT2D eigenvalue weighted by Gasteiger charge is 2.17. The van der Waals surface area contributed by atoms with Crippen LogP contribution in [0.15, 0.2) is 42.5 Å². The summed E-state index contributed by atoms with van der Waals surface area (Å²) in [4.78, 5) is 11.3. The molecule has 0 aliphatic carbocycles. The first kappa shape index (κ1) is 14.3. The first-order chi connectivity index (χ1) is 9.29. The van der Waals surface area contributed by atoms with Crippen LogP contribution in [0.5, 0.6) is 0 Å². The Balaban J connectivity index is 2.45. The second kappa shape index (κ2) is 5.12. The standard InChI is InChI=1S/C18H21NO/c1-12(20)13-5-7-14(8-6-13)15-9-10-17(19)16(11-15)18(2,3)4/h5-11H,19H2,1-4H3. The number of benzene rings is 2. The van der Waals surface area contributed by atoms with Crippen molar-refractivity contribution in [3.8, 4) is 11.1 Å². The van der Waals surface area contributed by atoms with Gasteiger partial charge in [-0.3, -0.25) is 4.79 Å². The Bertz CT molecular complexity index is 633. The second-order valence-electron chi connectivity index (χ2n) is 6.19. The average molecular weight is 267 g/mol. The molecule has 0 saturated heterocycles. The van der Waals surface area contributed by atoms with Crippen molar-refractivity contribution in [1.29, 1.82) is 0 Å². The quantitative estimate of drug-likeness (QED) is 0.646. The van der Waals surface area contributed by atoms with Crippen LogP contribution in [0.2, 0.25) is 0 Å². The van der Waals surface area contributed by atoms with E-state index in [1.807, 2.05) is 36.4 Å². The number of nitrogen functional groups attached to an aromatic ring is 1. The summed E-state index contributed by atoms with van der Waals surface area (Å²) in [6, 6.07) is 13.8. The van der Waals surface area contributed by atoms with E-state index in [-0.39, 0.29) is 11.2 Å². The minimum absolute atomic E-state index is 0.0133. The topological polar surface area (TPSA) is 43.1 Å². The summed E-state index contributed by atoms with van der Waals surface area (Å²) in [7, 11) is 0. The molecule has 20 heavy (non-hydrogen) atoms. The Morgan fingerprint density at radius 3 is 2.00 bits per heavy atom. The molecule has 0 unspecified atom stereocenters. The van der Waals surface area contributed by atoms with Gasteiger partial charge in [0.05, 0.1) is 0 Å². The molecule has 104 valence electrons. The number of carbonyl (C=O) groups excluding carboxylic acids is 1. The molecule has 0 bridgehead atoms. The fourth-order valence-electron chi connectivity index (χ4n) is 2.28. The zero-order valence-corrected chi connectivity index (χ0v) is 12.5. The molecule has 2 N–H and O–H groups in total. The molecule has 0 heterocycles. The molecule has 2 aromatic rings. The van der Waals surface area contributed by atoms with Gasteiger partial charge < -0.3 is 5.73 Å². The van der Waals surface area contributed by atoms with Gasteiger partial charge in [-0.25, -0.2) is 0 Å². The summed E-state index contributed by atoms with van der Waals surface area (Å²) in [5.41, 5.74) is 11.0. The molecule has 0 saturated carbocycles. The lowest BCUT2D eigenvalue weighted by Gasteiger charge is -2.22. The van der Waals surface area contributed by atoms with Gasteiger partial charge in [0, 0.05) is 11.3 Å². The van der Waals surface area contributed by atoms with Gasteiger partial charge in [-0.05, 0) is 41.2 Å². The largest absolute Gasteiger partial charge is 0.398 e. The number of hydrogen-bond donors (Lipinski definition) is 1. The zero-order chi connectivity index (χ0) is 14.9. The zero-order valence-electron chi connectivity index (χ0n) is 12.5. The lowest BCUT2D eigenvalue weighted by Crippen LogP contribution is -2.13. The third kappa shape index (κ3) is 2.90. The Kier molecular flexibility index (Phi) is 3.67. The van der Waals surface area contributed by atoms with Gasteiger partial charge in [-0.15, -0.1) is 0 Å². The summed E-state index contributed by atoms with van der Waals surface area (Å²) in [5, 5.41) is 0. The van der Waals surface area contributed by atoms with E-state index in [1.165, 1.54) is 0 Å². The van der Waals surface area contributed by atoms with E-state index in [0.29, 0.717) is 0 Å². The number of carbonyl (C=O) groups is 1. The number of nitrogens with two attached hydrogens (primary N) is 1. The molecule has 2 nitrogen and oxygen atoms in total. The number of anilines is 1. The summed E-state index contributed by atoms with van der Waals surface area (Å²) in [6.45, 7) is 8.04. The van der Waals surface area contributed by atoms with Crippen LogP contribution in [0.1, 0.15) is 43.6 Å². The van der Waals surface area contributed by atoms with Crippen molar-refractivity contribution in [1.82, 2.24) is 0 Å². The predicted octanol–water partition coefficient (Wildman–Crippen LogP) is 4.44. The van der Waals surface area contributed by atoms with E-state index in [2.05, 4.69) is 26.8 Å². The molecule has 0 aromatic heterocycles. The van der Waals surface area contributed by atoms with E-state index in [0.717, 1.165) is 27.9 Å². The van der Waals surface area contributed by atoms with E-state index in [4.69, 9.17) is 5.73 Å². The van der Waals surface area contributed by atoms with Crippen LogP contribution in [-0.4, -0.2) is 5.78 Å². The summed E-state index contributed by atoms with van der Waals surface area (Å²) >= 11 is 0.